The minimum absolute atomic E-state index is 0.141. The maximum absolute atomic E-state index is 13.0. The number of aromatic nitrogens is 4. The van der Waals surface area contributed by atoms with Gasteiger partial charge in [0.05, 0.1) is 24.6 Å². The van der Waals surface area contributed by atoms with Gasteiger partial charge in [-0.1, -0.05) is 36.9 Å². The lowest BCUT2D eigenvalue weighted by Gasteiger charge is -2.42. The number of hydrogen-bond donors (Lipinski definition) is 2. The van der Waals surface area contributed by atoms with E-state index < -0.39 is 0 Å². The van der Waals surface area contributed by atoms with Gasteiger partial charge in [0.25, 0.3) is 0 Å². The predicted octanol–water partition coefficient (Wildman–Crippen LogP) is 3.62. The van der Waals surface area contributed by atoms with E-state index in [0.717, 1.165) is 83.5 Å². The predicted molar refractivity (Wildman–Crippen MR) is 175 cm³/mol. The van der Waals surface area contributed by atoms with E-state index in [4.69, 9.17) is 4.74 Å². The Kier molecular flexibility index (Phi) is 8.99. The van der Waals surface area contributed by atoms with Crippen LogP contribution in [0.25, 0.3) is 22.3 Å². The van der Waals surface area contributed by atoms with Crippen molar-refractivity contribution in [2.24, 2.45) is 0 Å². The first kappa shape index (κ1) is 29.5. The van der Waals surface area contributed by atoms with Crippen LogP contribution in [-0.4, -0.2) is 96.7 Å². The van der Waals surface area contributed by atoms with E-state index in [1.54, 1.807) is 12.5 Å². The summed E-state index contributed by atoms with van der Waals surface area (Å²) in [6, 6.07) is 14.7. The largest absolute Gasteiger partial charge is 0.379 e. The zero-order chi connectivity index (χ0) is 30.5. The summed E-state index contributed by atoms with van der Waals surface area (Å²) in [5.74, 6) is 1.07. The summed E-state index contributed by atoms with van der Waals surface area (Å²) in [6.45, 7) is 9.81. The number of nitrogens with zero attached hydrogens (tertiary/aromatic N) is 6. The van der Waals surface area contributed by atoms with Gasteiger partial charge in [-0.05, 0) is 49.5 Å². The van der Waals surface area contributed by atoms with Gasteiger partial charge in [0.15, 0.2) is 0 Å². The van der Waals surface area contributed by atoms with Gasteiger partial charge in [0.2, 0.25) is 0 Å². The number of ketones is 1. The zero-order valence-corrected chi connectivity index (χ0v) is 25.5. The van der Waals surface area contributed by atoms with Crippen LogP contribution in [0.5, 0.6) is 0 Å². The van der Waals surface area contributed by atoms with Crippen molar-refractivity contribution in [2.75, 3.05) is 69.8 Å². The Labute approximate surface area is 258 Å². The second-order valence-electron chi connectivity index (χ2n) is 11.8. The average molecular weight is 593 g/mol. The lowest BCUT2D eigenvalue weighted by atomic mass is 10.0. The number of H-pyrrole nitrogens is 1. The molecule has 0 aliphatic carbocycles. The molecular formula is C34H40N8O2. The van der Waals surface area contributed by atoms with Crippen molar-refractivity contribution in [3.8, 4) is 11.3 Å². The van der Waals surface area contributed by atoms with Gasteiger partial charge in [-0.25, -0.2) is 9.97 Å². The maximum Gasteiger partial charge on any atom is 0.143 e. The lowest BCUT2D eigenvalue weighted by Crippen LogP contribution is -2.57. The van der Waals surface area contributed by atoms with Gasteiger partial charge in [-0.3, -0.25) is 9.78 Å². The Balaban J connectivity index is 1.02. The highest BCUT2D eigenvalue weighted by molar-refractivity contribution is 5.92. The summed E-state index contributed by atoms with van der Waals surface area (Å²) >= 11 is 0. The number of likely N-dealkylation sites (N-methyl/N-ethyl adjacent to an activating group) is 1. The molecule has 0 amide bonds. The van der Waals surface area contributed by atoms with E-state index in [-0.39, 0.29) is 5.78 Å². The van der Waals surface area contributed by atoms with Gasteiger partial charge >= 0.3 is 0 Å². The Morgan fingerprint density at radius 3 is 2.64 bits per heavy atom. The summed E-state index contributed by atoms with van der Waals surface area (Å²) in [6.07, 6.45) is 8.22. The molecule has 0 saturated carbocycles. The number of rotatable bonds is 12. The summed E-state index contributed by atoms with van der Waals surface area (Å²) in [4.78, 5) is 36.5. The molecule has 3 aromatic heterocycles. The monoisotopic (exact) mass is 592 g/mol. The van der Waals surface area contributed by atoms with Crippen molar-refractivity contribution in [3.63, 3.8) is 0 Å². The highest BCUT2D eigenvalue weighted by Gasteiger charge is 2.27. The van der Waals surface area contributed by atoms with E-state index in [1.807, 2.05) is 44.4 Å². The molecule has 0 atom stereocenters. The van der Waals surface area contributed by atoms with E-state index in [2.05, 4.69) is 70.8 Å². The number of carbonyl (C=O) groups excluding carboxylic acids is 1. The summed E-state index contributed by atoms with van der Waals surface area (Å²) < 4.78 is 5.50. The molecule has 5 heterocycles. The van der Waals surface area contributed by atoms with Crippen LogP contribution in [-0.2, 0) is 22.4 Å². The van der Waals surface area contributed by atoms with Crippen molar-refractivity contribution in [1.29, 1.82) is 0 Å². The molecule has 44 heavy (non-hydrogen) atoms. The first-order chi connectivity index (χ1) is 21.4. The number of hydrogen-bond acceptors (Lipinski definition) is 9. The molecule has 2 fully saturated rings. The van der Waals surface area contributed by atoms with E-state index in [9.17, 15) is 4.79 Å². The van der Waals surface area contributed by atoms with Gasteiger partial charge in [-0.2, -0.15) is 0 Å². The smallest absolute Gasteiger partial charge is 0.143 e. The number of pyridine rings is 1. The van der Waals surface area contributed by atoms with E-state index >= 15 is 0 Å². The number of anilines is 2. The van der Waals surface area contributed by atoms with Crippen LogP contribution >= 0.6 is 0 Å². The number of morpholine rings is 1. The molecule has 1 aromatic carbocycles. The Morgan fingerprint density at radius 1 is 1.07 bits per heavy atom. The molecule has 6 rings (SSSR count). The molecule has 2 saturated heterocycles. The molecule has 4 aromatic rings. The standard InChI is InChI=1S/C34H40N8O2/c1-24(5-4-12-40(2)3)38-28-21-42(22-28)29-10-11-35-27(18-29)19-30(43)17-25-6-8-26(9-7-25)32-20-31-33(39-32)36-23-37-34(31)41-13-15-44-16-14-41/h4-11,18,20,23,28,38H,1,12-17,19,21-22H2,2-3H3,(H,36,37,39)/b5-4+. The van der Waals surface area contributed by atoms with Gasteiger partial charge in [0.1, 0.15) is 23.6 Å². The molecule has 2 aliphatic heterocycles. The number of nitrogens with one attached hydrogen (secondary N) is 2. The lowest BCUT2D eigenvalue weighted by molar-refractivity contribution is -0.117. The summed E-state index contributed by atoms with van der Waals surface area (Å²) in [5, 5.41) is 4.48. The van der Waals surface area contributed by atoms with Crippen LogP contribution in [0.1, 0.15) is 11.3 Å². The van der Waals surface area contributed by atoms with Crippen LogP contribution in [0.15, 0.2) is 79.4 Å². The topological polar surface area (TPSA) is 103 Å². The molecule has 10 heteroatoms. The molecule has 2 aliphatic rings. The number of benzene rings is 1. The second kappa shape index (κ2) is 13.4. The first-order valence-corrected chi connectivity index (χ1v) is 15.2. The molecule has 0 spiro atoms. The number of Topliss-reactive ketones (excluding diaryl/α,β-unsaturated/α-hetero) is 1. The molecule has 0 bridgehead atoms. The normalized spacial score (nSPS) is 15.7. The van der Waals surface area contributed by atoms with Gasteiger partial charge in [-0.15, -0.1) is 0 Å². The molecule has 10 nitrogen and oxygen atoms in total. The van der Waals surface area contributed by atoms with Crippen LogP contribution in [0.4, 0.5) is 11.5 Å². The first-order valence-electron chi connectivity index (χ1n) is 15.2. The van der Waals surface area contributed by atoms with Crippen LogP contribution in [0, 0.1) is 0 Å². The van der Waals surface area contributed by atoms with Crippen LogP contribution in [0.2, 0.25) is 0 Å². The fraction of sp³-hybridized carbons (Fsp3) is 0.353. The third-order valence-corrected chi connectivity index (χ3v) is 7.99. The number of aromatic amines is 1. The Bertz CT molecular complexity index is 1630. The quantitative estimate of drug-likeness (QED) is 0.239. The van der Waals surface area contributed by atoms with Crippen LogP contribution in [0.3, 0.4) is 0 Å². The van der Waals surface area contributed by atoms with Crippen molar-refractivity contribution in [2.45, 2.75) is 18.9 Å². The van der Waals surface area contributed by atoms with Crippen LogP contribution < -0.4 is 15.1 Å². The number of ether oxygens (including phenoxy) is 1. The number of fused-ring (bicyclic) bond motifs is 1. The highest BCUT2D eigenvalue weighted by atomic mass is 16.5. The minimum atomic E-state index is 0.141. The second-order valence-corrected chi connectivity index (χ2v) is 11.8. The highest BCUT2D eigenvalue weighted by Crippen LogP contribution is 2.29. The fourth-order valence-electron chi connectivity index (χ4n) is 5.66. The van der Waals surface area contributed by atoms with Gasteiger partial charge in [0, 0.05) is 74.5 Å². The third kappa shape index (κ3) is 7.15. The van der Waals surface area contributed by atoms with Crippen molar-refractivity contribution in [1.82, 2.24) is 30.2 Å². The maximum atomic E-state index is 13.0. The SMILES string of the molecule is C=C(/C=C/CN(C)C)NC1CN(c2ccnc(CC(=O)Cc3ccc(-c4cc5c(N6CCOCC6)ncnc5[nH]4)cc3)c2)C1. The molecule has 0 radical (unpaired) electrons. The molecule has 2 N–H and O–H groups in total. The van der Waals surface area contributed by atoms with E-state index in [1.165, 1.54) is 0 Å². The Hall–Kier alpha value is -4.54. The Morgan fingerprint density at radius 2 is 1.86 bits per heavy atom. The van der Waals surface area contributed by atoms with Crippen molar-refractivity contribution < 1.29 is 9.53 Å². The average Bonchev–Trinajstić information content (AvgIpc) is 3.44. The molecular weight excluding hydrogens is 552 g/mol. The van der Waals surface area contributed by atoms with Crippen molar-refractivity contribution >= 4 is 28.3 Å². The van der Waals surface area contributed by atoms with E-state index in [0.29, 0.717) is 32.1 Å². The van der Waals surface area contributed by atoms with Crippen molar-refractivity contribution in [3.05, 3.63) is 90.7 Å². The fourth-order valence-corrected chi connectivity index (χ4v) is 5.66. The number of allylic oxidation sites excluding steroid dienone is 1. The number of carbonyl (C=O) groups is 1. The molecule has 228 valence electrons. The molecule has 0 unspecified atom stereocenters. The summed E-state index contributed by atoms with van der Waals surface area (Å²) in [7, 11) is 4.09. The van der Waals surface area contributed by atoms with Gasteiger partial charge < -0.3 is 29.7 Å². The third-order valence-electron chi connectivity index (χ3n) is 7.99. The summed E-state index contributed by atoms with van der Waals surface area (Å²) in [5.41, 5.74) is 6.63. The minimum Gasteiger partial charge on any atom is -0.379 e. The zero-order valence-electron chi connectivity index (χ0n) is 25.5.